The van der Waals surface area contributed by atoms with Crippen LogP contribution in [0.5, 0.6) is 0 Å². The zero-order chi connectivity index (χ0) is 13.2. The van der Waals surface area contributed by atoms with Crippen LogP contribution in [-0.4, -0.2) is 12.1 Å². The molecule has 0 saturated heterocycles. The number of aryl methyl sites for hydroxylation is 1. The third kappa shape index (κ3) is 2.43. The van der Waals surface area contributed by atoms with Gasteiger partial charge in [-0.2, -0.15) is 0 Å². The molecule has 19 heavy (non-hydrogen) atoms. The minimum Gasteiger partial charge on any atom is -0.370 e. The van der Waals surface area contributed by atoms with Crippen LogP contribution in [-0.2, 0) is 11.2 Å². The molecule has 0 spiro atoms. The number of hydrogen-bond donors (Lipinski definition) is 1. The van der Waals surface area contributed by atoms with Gasteiger partial charge in [0.1, 0.15) is 11.1 Å². The van der Waals surface area contributed by atoms with Crippen molar-refractivity contribution >= 4 is 11.3 Å². The first kappa shape index (κ1) is 12.8. The topological polar surface area (TPSA) is 48.1 Å². The molecule has 100 valence electrons. The van der Waals surface area contributed by atoms with E-state index < -0.39 is 0 Å². The number of ether oxygens (including phenoxy) is 1. The van der Waals surface area contributed by atoms with E-state index >= 15 is 0 Å². The molecule has 1 aliphatic rings. The number of aromatic nitrogens is 1. The van der Waals surface area contributed by atoms with Crippen LogP contribution in [0.4, 0.5) is 0 Å². The summed E-state index contributed by atoms with van der Waals surface area (Å²) in [4.78, 5) is 6.01. The summed E-state index contributed by atoms with van der Waals surface area (Å²) < 4.78 is 5.64. The molecular formula is C15H18N2OS. The maximum atomic E-state index is 6.17. The number of benzene rings is 1. The van der Waals surface area contributed by atoms with Gasteiger partial charge in [0.25, 0.3) is 0 Å². The van der Waals surface area contributed by atoms with Crippen molar-refractivity contribution in [3.8, 4) is 0 Å². The van der Waals surface area contributed by atoms with Gasteiger partial charge in [0.2, 0.25) is 0 Å². The number of fused-ring (bicyclic) bond motifs is 1. The van der Waals surface area contributed by atoms with E-state index in [-0.39, 0.29) is 12.1 Å². The Morgan fingerprint density at radius 1 is 1.37 bits per heavy atom. The lowest BCUT2D eigenvalue weighted by Crippen LogP contribution is -2.15. The molecular weight excluding hydrogens is 256 g/mol. The fourth-order valence-corrected chi connectivity index (χ4v) is 3.85. The number of methoxy groups -OCH3 is 1. The summed E-state index contributed by atoms with van der Waals surface area (Å²) in [5, 5.41) is 1.02. The second-order valence-electron chi connectivity index (χ2n) is 4.89. The third-order valence-electron chi connectivity index (χ3n) is 3.57. The predicted octanol–water partition coefficient (Wildman–Crippen LogP) is 3.22. The highest BCUT2D eigenvalue weighted by atomic mass is 32.1. The van der Waals surface area contributed by atoms with Crippen molar-refractivity contribution in [3.63, 3.8) is 0 Å². The van der Waals surface area contributed by atoms with Gasteiger partial charge in [0.05, 0.1) is 5.69 Å². The molecule has 4 heteroatoms. The Kier molecular flexibility index (Phi) is 3.64. The maximum Gasteiger partial charge on any atom is 0.134 e. The Morgan fingerprint density at radius 2 is 2.16 bits per heavy atom. The standard InChI is InChI=1S/C15H18N2OS/c1-18-13(10-6-3-2-4-7-10)15-17-12-9-5-8-11(16)14(12)19-15/h2-4,6-7,11,13H,5,8-9,16H2,1H3. The number of nitrogens with zero attached hydrogens (tertiary/aromatic N) is 1. The number of thiazole rings is 1. The fraction of sp³-hybridized carbons (Fsp3) is 0.400. The fourth-order valence-electron chi connectivity index (χ4n) is 2.59. The lowest BCUT2D eigenvalue weighted by molar-refractivity contribution is 0.136. The molecule has 2 N–H and O–H groups in total. The zero-order valence-electron chi connectivity index (χ0n) is 11.0. The van der Waals surface area contributed by atoms with Crippen molar-refractivity contribution in [2.75, 3.05) is 7.11 Å². The van der Waals surface area contributed by atoms with E-state index in [9.17, 15) is 0 Å². The first-order valence-electron chi connectivity index (χ1n) is 6.62. The molecule has 0 amide bonds. The Hall–Kier alpha value is -1.23. The number of nitrogens with two attached hydrogens (primary N) is 1. The molecule has 1 aliphatic carbocycles. The lowest BCUT2D eigenvalue weighted by atomic mass is 9.99. The van der Waals surface area contributed by atoms with E-state index in [1.807, 2.05) is 18.2 Å². The normalized spacial score (nSPS) is 20.0. The van der Waals surface area contributed by atoms with Gasteiger partial charge >= 0.3 is 0 Å². The summed E-state index contributed by atoms with van der Waals surface area (Å²) in [6.07, 6.45) is 3.17. The first-order valence-corrected chi connectivity index (χ1v) is 7.44. The highest BCUT2D eigenvalue weighted by Crippen LogP contribution is 2.37. The highest BCUT2D eigenvalue weighted by Gasteiger charge is 2.25. The summed E-state index contributed by atoms with van der Waals surface area (Å²) >= 11 is 1.71. The molecule has 0 radical (unpaired) electrons. The molecule has 2 unspecified atom stereocenters. The van der Waals surface area contributed by atoms with Crippen LogP contribution in [0.2, 0.25) is 0 Å². The average molecular weight is 274 g/mol. The molecule has 1 heterocycles. The van der Waals surface area contributed by atoms with Crippen molar-refractivity contribution in [2.45, 2.75) is 31.4 Å². The van der Waals surface area contributed by atoms with E-state index in [1.54, 1.807) is 18.4 Å². The van der Waals surface area contributed by atoms with E-state index in [1.165, 1.54) is 10.6 Å². The van der Waals surface area contributed by atoms with Crippen LogP contribution >= 0.6 is 11.3 Å². The number of rotatable bonds is 3. The van der Waals surface area contributed by atoms with Gasteiger partial charge in [-0.1, -0.05) is 30.3 Å². The molecule has 3 rings (SSSR count). The molecule has 0 aliphatic heterocycles. The first-order chi connectivity index (χ1) is 9.29. The maximum absolute atomic E-state index is 6.17. The summed E-state index contributed by atoms with van der Waals surface area (Å²) in [7, 11) is 1.73. The van der Waals surface area contributed by atoms with E-state index in [0.29, 0.717) is 0 Å². The molecule has 0 bridgehead atoms. The van der Waals surface area contributed by atoms with Crippen LogP contribution in [0.25, 0.3) is 0 Å². The van der Waals surface area contributed by atoms with Gasteiger partial charge in [0, 0.05) is 18.0 Å². The van der Waals surface area contributed by atoms with Gasteiger partial charge < -0.3 is 10.5 Å². The van der Waals surface area contributed by atoms with Crippen molar-refractivity contribution in [2.24, 2.45) is 5.73 Å². The van der Waals surface area contributed by atoms with Crippen molar-refractivity contribution in [1.82, 2.24) is 4.98 Å². The van der Waals surface area contributed by atoms with Crippen LogP contribution < -0.4 is 5.73 Å². The van der Waals surface area contributed by atoms with Gasteiger partial charge in [-0.3, -0.25) is 0 Å². The summed E-state index contributed by atoms with van der Waals surface area (Å²) in [5.74, 6) is 0. The molecule has 0 saturated carbocycles. The van der Waals surface area contributed by atoms with Crippen LogP contribution in [0.1, 0.15) is 46.1 Å². The summed E-state index contributed by atoms with van der Waals surface area (Å²) in [6.45, 7) is 0. The van der Waals surface area contributed by atoms with Crippen molar-refractivity contribution in [3.05, 3.63) is 51.5 Å². The van der Waals surface area contributed by atoms with Gasteiger partial charge in [-0.25, -0.2) is 4.98 Å². The summed E-state index contributed by atoms with van der Waals surface area (Å²) in [6, 6.07) is 10.4. The largest absolute Gasteiger partial charge is 0.370 e. The van der Waals surface area contributed by atoms with Crippen molar-refractivity contribution < 1.29 is 4.74 Å². The second-order valence-corrected chi connectivity index (χ2v) is 5.95. The van der Waals surface area contributed by atoms with Crippen LogP contribution in [0, 0.1) is 0 Å². The molecule has 3 nitrogen and oxygen atoms in total. The second kappa shape index (κ2) is 5.41. The number of hydrogen-bond acceptors (Lipinski definition) is 4. The smallest absolute Gasteiger partial charge is 0.134 e. The molecule has 2 atom stereocenters. The zero-order valence-corrected chi connectivity index (χ0v) is 11.8. The monoisotopic (exact) mass is 274 g/mol. The van der Waals surface area contributed by atoms with E-state index in [4.69, 9.17) is 15.5 Å². The Labute approximate surface area is 117 Å². The third-order valence-corrected chi connectivity index (χ3v) is 4.84. The van der Waals surface area contributed by atoms with Crippen LogP contribution in [0.3, 0.4) is 0 Å². The molecule has 0 fully saturated rings. The molecule has 1 aromatic carbocycles. The SMILES string of the molecule is COC(c1ccccc1)c1nc2c(s1)C(N)CCC2. The quantitative estimate of drug-likeness (QED) is 0.935. The molecule has 1 aromatic heterocycles. The van der Waals surface area contributed by atoms with Crippen molar-refractivity contribution in [1.29, 1.82) is 0 Å². The lowest BCUT2D eigenvalue weighted by Gasteiger charge is -2.15. The molecule has 2 aromatic rings. The minimum atomic E-state index is -0.0796. The van der Waals surface area contributed by atoms with Gasteiger partial charge in [-0.15, -0.1) is 11.3 Å². The van der Waals surface area contributed by atoms with Gasteiger partial charge in [0.15, 0.2) is 0 Å². The van der Waals surface area contributed by atoms with E-state index in [0.717, 1.165) is 29.8 Å². The van der Waals surface area contributed by atoms with Gasteiger partial charge in [-0.05, 0) is 24.8 Å². The Balaban J connectivity index is 1.97. The summed E-state index contributed by atoms with van der Waals surface area (Å²) in [5.41, 5.74) is 8.49. The van der Waals surface area contributed by atoms with Crippen LogP contribution in [0.15, 0.2) is 30.3 Å². The highest BCUT2D eigenvalue weighted by molar-refractivity contribution is 7.12. The van der Waals surface area contributed by atoms with E-state index in [2.05, 4.69) is 12.1 Å². The Morgan fingerprint density at radius 3 is 2.84 bits per heavy atom. The Bertz CT molecular complexity index is 553. The predicted molar refractivity (Wildman–Crippen MR) is 77.3 cm³/mol. The minimum absolute atomic E-state index is 0.0796. The average Bonchev–Trinajstić information content (AvgIpc) is 2.86.